The van der Waals surface area contributed by atoms with E-state index in [1.165, 1.54) is 76.1 Å². The van der Waals surface area contributed by atoms with E-state index in [0.717, 1.165) is 47.0 Å². The third-order valence-corrected chi connectivity index (χ3v) is 13.0. The first-order valence-corrected chi connectivity index (χ1v) is 22.3. The van der Waals surface area contributed by atoms with Gasteiger partial charge in [0.15, 0.2) is 0 Å². The normalized spacial score (nSPS) is 12.6. The molecule has 0 aromatic heterocycles. The lowest BCUT2D eigenvalue weighted by Gasteiger charge is -2.29. The maximum absolute atomic E-state index is 2.46. The van der Waals surface area contributed by atoms with Crippen molar-refractivity contribution in [2.75, 3.05) is 9.80 Å². The fourth-order valence-corrected chi connectivity index (χ4v) is 10.1. The van der Waals surface area contributed by atoms with Crippen LogP contribution in [0.4, 0.5) is 34.1 Å². The Morgan fingerprint density at radius 3 is 1.39 bits per heavy atom. The lowest BCUT2D eigenvalue weighted by molar-refractivity contribution is 1.06. The highest BCUT2D eigenvalue weighted by atomic mass is 15.1. The van der Waals surface area contributed by atoms with Crippen LogP contribution in [0.3, 0.4) is 0 Å². The van der Waals surface area contributed by atoms with Crippen molar-refractivity contribution in [1.29, 1.82) is 0 Å². The fraction of sp³-hybridized carbons (Fsp3) is 0.0323. The van der Waals surface area contributed by atoms with Crippen LogP contribution in [0.1, 0.15) is 18.4 Å². The van der Waals surface area contributed by atoms with E-state index in [4.69, 9.17) is 0 Å². The highest BCUT2D eigenvalue weighted by Crippen LogP contribution is 2.49. The molecule has 0 radical (unpaired) electrons. The Hall–Kier alpha value is -8.20. The van der Waals surface area contributed by atoms with E-state index in [-0.39, 0.29) is 0 Å². The van der Waals surface area contributed by atoms with E-state index in [1.807, 2.05) is 0 Å². The molecular weight excluding hydrogens is 773 g/mol. The molecule has 64 heavy (non-hydrogen) atoms. The van der Waals surface area contributed by atoms with Crippen LogP contribution in [-0.2, 0) is 0 Å². The van der Waals surface area contributed by atoms with Crippen LogP contribution >= 0.6 is 0 Å². The molecule has 0 amide bonds. The predicted octanol–water partition coefficient (Wildman–Crippen LogP) is 17.8. The highest BCUT2D eigenvalue weighted by molar-refractivity contribution is 6.21. The minimum atomic E-state index is 0.972. The molecule has 0 spiro atoms. The van der Waals surface area contributed by atoms with Gasteiger partial charge in [0.25, 0.3) is 0 Å². The summed E-state index contributed by atoms with van der Waals surface area (Å²) in [5.74, 6) is 0. The number of hydrogen-bond acceptors (Lipinski definition) is 2. The number of fused-ring (bicyclic) bond motifs is 5. The molecule has 1 aliphatic carbocycles. The standard InChI is InChI=1S/C62H44N2/c1-4-21-46(22-5-1)61-55-38-36-52(64(50-28-8-3-9-29-50)60-33-17-25-45-20-13-15-31-54(45)60)42-58(55)62(48-35-34-43-18-10-11-23-47(43)40-48)56-39-37-51(41-57(56)61)63(49-26-6-2-7-27-49)59-32-16-24-44-19-12-14-30-53(44)59/h1-4,6-21,23-42H,5,22H2. The maximum Gasteiger partial charge on any atom is 0.0540 e. The van der Waals surface area contributed by atoms with Crippen LogP contribution < -0.4 is 9.80 Å². The summed E-state index contributed by atoms with van der Waals surface area (Å²) in [5.41, 5.74) is 11.9. The molecule has 2 heteroatoms. The van der Waals surface area contributed by atoms with E-state index >= 15 is 0 Å². The van der Waals surface area contributed by atoms with Gasteiger partial charge in [-0.15, -0.1) is 0 Å². The Bertz CT molecular complexity index is 3610. The summed E-state index contributed by atoms with van der Waals surface area (Å²) < 4.78 is 0. The molecule has 0 fully saturated rings. The second-order valence-electron chi connectivity index (χ2n) is 16.8. The number of hydrogen-bond donors (Lipinski definition) is 0. The van der Waals surface area contributed by atoms with Crippen molar-refractivity contribution in [3.63, 3.8) is 0 Å². The second kappa shape index (κ2) is 15.9. The molecule has 0 unspecified atom stereocenters. The van der Waals surface area contributed by atoms with Gasteiger partial charge in [0.05, 0.1) is 11.4 Å². The third kappa shape index (κ3) is 6.51. The topological polar surface area (TPSA) is 6.48 Å². The molecule has 11 aromatic carbocycles. The molecule has 0 saturated heterocycles. The van der Waals surface area contributed by atoms with Gasteiger partial charge in [0.2, 0.25) is 0 Å². The Kier molecular flexibility index (Phi) is 9.34. The van der Waals surface area contributed by atoms with Crippen molar-refractivity contribution in [2.45, 2.75) is 12.8 Å². The van der Waals surface area contributed by atoms with Crippen molar-refractivity contribution < 1.29 is 0 Å². The minimum Gasteiger partial charge on any atom is -0.310 e. The molecule has 0 saturated carbocycles. The van der Waals surface area contributed by atoms with Gasteiger partial charge in [-0.25, -0.2) is 0 Å². The first kappa shape index (κ1) is 37.6. The summed E-state index contributed by atoms with van der Waals surface area (Å²) in [7, 11) is 0. The fourth-order valence-electron chi connectivity index (χ4n) is 10.1. The van der Waals surface area contributed by atoms with Crippen molar-refractivity contribution in [3.05, 3.63) is 248 Å². The van der Waals surface area contributed by atoms with Gasteiger partial charge in [-0.05, 0) is 145 Å². The van der Waals surface area contributed by atoms with Crippen molar-refractivity contribution in [2.24, 2.45) is 0 Å². The summed E-state index contributed by atoms with van der Waals surface area (Å²) >= 11 is 0. The van der Waals surface area contributed by atoms with Crippen LogP contribution in [0, 0.1) is 0 Å². The Morgan fingerprint density at radius 2 is 0.812 bits per heavy atom. The number of allylic oxidation sites excluding steroid dienone is 4. The van der Waals surface area contributed by atoms with Gasteiger partial charge in [-0.3, -0.25) is 0 Å². The van der Waals surface area contributed by atoms with E-state index < -0.39 is 0 Å². The Morgan fingerprint density at radius 1 is 0.312 bits per heavy atom. The first-order chi connectivity index (χ1) is 31.8. The largest absolute Gasteiger partial charge is 0.310 e. The van der Waals surface area contributed by atoms with Gasteiger partial charge in [-0.2, -0.15) is 0 Å². The molecular formula is C62H44N2. The summed E-state index contributed by atoms with van der Waals surface area (Å²) in [6, 6.07) is 82.4. The van der Waals surface area contributed by atoms with Crippen LogP contribution in [0.5, 0.6) is 0 Å². The van der Waals surface area contributed by atoms with Gasteiger partial charge in [0.1, 0.15) is 0 Å². The molecule has 0 aliphatic heterocycles. The second-order valence-corrected chi connectivity index (χ2v) is 16.8. The van der Waals surface area contributed by atoms with Crippen molar-refractivity contribution in [3.8, 4) is 11.1 Å². The number of para-hydroxylation sites is 2. The average Bonchev–Trinajstić information content (AvgIpc) is 3.36. The van der Waals surface area contributed by atoms with E-state index in [0.29, 0.717) is 0 Å². The van der Waals surface area contributed by atoms with Gasteiger partial charge in [-0.1, -0.05) is 176 Å². The average molecular weight is 817 g/mol. The van der Waals surface area contributed by atoms with E-state index in [9.17, 15) is 0 Å². The summed E-state index contributed by atoms with van der Waals surface area (Å²) in [6.07, 6.45) is 8.87. The highest BCUT2D eigenvalue weighted by Gasteiger charge is 2.24. The van der Waals surface area contributed by atoms with Gasteiger partial charge >= 0.3 is 0 Å². The molecule has 11 aromatic rings. The van der Waals surface area contributed by atoms with Crippen molar-refractivity contribution >= 4 is 93.6 Å². The number of rotatable bonds is 8. The van der Waals surface area contributed by atoms with Gasteiger partial charge < -0.3 is 9.80 Å². The summed E-state index contributed by atoms with van der Waals surface area (Å²) in [5, 5.41) is 12.3. The van der Waals surface area contributed by atoms with E-state index in [1.54, 1.807) is 0 Å². The number of benzene rings is 11. The third-order valence-electron chi connectivity index (χ3n) is 13.0. The zero-order chi connectivity index (χ0) is 42.4. The Balaban J connectivity index is 1.18. The zero-order valence-corrected chi connectivity index (χ0v) is 35.4. The van der Waals surface area contributed by atoms with Crippen LogP contribution in [0.2, 0.25) is 0 Å². The number of nitrogens with zero attached hydrogens (tertiary/aromatic N) is 2. The molecule has 12 rings (SSSR count). The van der Waals surface area contributed by atoms with Crippen molar-refractivity contribution in [1.82, 2.24) is 0 Å². The SMILES string of the molecule is C1=CCCC(c2c3cc(N(c4ccccc4)c4cccc5ccccc45)ccc3c(-c3ccc4ccccc4c3)c3cc(N(c4ccccc4)c4cccc5ccccc45)ccc23)=C1. The zero-order valence-electron chi connectivity index (χ0n) is 35.4. The lowest BCUT2D eigenvalue weighted by Crippen LogP contribution is -2.11. The smallest absolute Gasteiger partial charge is 0.0540 e. The Labute approximate surface area is 373 Å². The summed E-state index contributed by atoms with van der Waals surface area (Å²) in [6.45, 7) is 0. The quantitative estimate of drug-likeness (QED) is 0.141. The molecule has 302 valence electrons. The summed E-state index contributed by atoms with van der Waals surface area (Å²) in [4.78, 5) is 4.87. The predicted molar refractivity (Wildman–Crippen MR) is 275 cm³/mol. The molecule has 0 atom stereocenters. The minimum absolute atomic E-state index is 0.972. The number of anilines is 6. The van der Waals surface area contributed by atoms with Crippen LogP contribution in [0.25, 0.3) is 70.6 Å². The molecule has 2 nitrogen and oxygen atoms in total. The van der Waals surface area contributed by atoms with Gasteiger partial charge in [0, 0.05) is 33.5 Å². The molecule has 0 heterocycles. The monoisotopic (exact) mass is 816 g/mol. The molecule has 0 N–H and O–H groups in total. The van der Waals surface area contributed by atoms with E-state index in [2.05, 4.69) is 252 Å². The van der Waals surface area contributed by atoms with Crippen LogP contribution in [-0.4, -0.2) is 0 Å². The maximum atomic E-state index is 2.46. The van der Waals surface area contributed by atoms with Crippen LogP contribution in [0.15, 0.2) is 243 Å². The molecule has 1 aliphatic rings. The first-order valence-electron chi connectivity index (χ1n) is 22.3. The molecule has 0 bridgehead atoms. The lowest BCUT2D eigenvalue weighted by atomic mass is 9.83.